The number of phenolic OH excluding ortho intramolecular Hbond substituents is 1. The first-order valence-electron chi connectivity index (χ1n) is 8.23. The predicted octanol–water partition coefficient (Wildman–Crippen LogP) is 1.15. The maximum atomic E-state index is 11.6. The van der Waals surface area contributed by atoms with Gasteiger partial charge in [-0.3, -0.25) is 0 Å². The number of aromatic nitrogens is 2. The lowest BCUT2D eigenvalue weighted by Gasteiger charge is -2.22. The first-order valence-corrected chi connectivity index (χ1v) is 10.6. The molecule has 0 bridgehead atoms. The fourth-order valence-electron chi connectivity index (χ4n) is 2.41. The third-order valence-corrected chi connectivity index (χ3v) is 5.35. The summed E-state index contributed by atoms with van der Waals surface area (Å²) in [4.78, 5) is 7.91. The molecule has 29 heavy (non-hydrogen) atoms. The van der Waals surface area contributed by atoms with Gasteiger partial charge in [0.15, 0.2) is 4.90 Å². The Hall–Kier alpha value is -2.19. The van der Waals surface area contributed by atoms with Crippen LogP contribution in [0, 0.1) is 0 Å². The van der Waals surface area contributed by atoms with Gasteiger partial charge in [0.25, 0.3) is 0 Å². The minimum atomic E-state index is -4.19. The van der Waals surface area contributed by atoms with Gasteiger partial charge in [-0.2, -0.15) is 4.98 Å². The van der Waals surface area contributed by atoms with Crippen LogP contribution in [0.2, 0.25) is 0 Å². The number of aliphatic hydroxyl groups excluding tert-OH is 1. The van der Waals surface area contributed by atoms with Crippen molar-refractivity contribution in [2.75, 3.05) is 31.5 Å². The molecule has 11 nitrogen and oxygen atoms in total. The van der Waals surface area contributed by atoms with E-state index in [4.69, 9.17) is 14.6 Å². The molecule has 1 heterocycles. The smallest absolute Gasteiger partial charge is 0.245 e. The number of nitrogens with one attached hydrogen (secondary N) is 2. The maximum absolute atomic E-state index is 11.6. The van der Waals surface area contributed by atoms with Crippen LogP contribution in [0.25, 0.3) is 0 Å². The number of halogens is 1. The number of hydrogen-bond acceptors (Lipinski definition) is 10. The van der Waals surface area contributed by atoms with E-state index in [-0.39, 0.29) is 24.0 Å². The molecule has 6 N–H and O–H groups in total. The van der Waals surface area contributed by atoms with Crippen molar-refractivity contribution in [2.45, 2.75) is 24.0 Å². The number of phenols is 1. The minimum Gasteiger partial charge on any atom is -0.506 e. The van der Waals surface area contributed by atoms with Gasteiger partial charge in [-0.15, -0.1) is 0 Å². The number of rotatable bonds is 9. The number of benzene rings is 1. The van der Waals surface area contributed by atoms with Crippen molar-refractivity contribution in [3.8, 4) is 11.5 Å². The van der Waals surface area contributed by atoms with Gasteiger partial charge in [-0.1, -0.05) is 0 Å². The summed E-state index contributed by atoms with van der Waals surface area (Å²) in [6.07, 6.45) is 0.777. The van der Waals surface area contributed by atoms with E-state index in [2.05, 4.69) is 36.5 Å². The molecule has 0 aliphatic rings. The van der Waals surface area contributed by atoms with Crippen molar-refractivity contribution in [1.29, 1.82) is 0 Å². The number of anilines is 3. The molecule has 2 aromatic rings. The highest BCUT2D eigenvalue weighted by Crippen LogP contribution is 2.36. The van der Waals surface area contributed by atoms with E-state index in [0.29, 0.717) is 10.3 Å². The van der Waals surface area contributed by atoms with Gasteiger partial charge in [-0.05, 0) is 22.9 Å². The lowest BCUT2D eigenvalue weighted by atomic mass is 10.2. The molecule has 0 radical (unpaired) electrons. The van der Waals surface area contributed by atoms with Gasteiger partial charge in [0.05, 0.1) is 30.3 Å². The molecule has 0 aliphatic heterocycles. The highest BCUT2D eigenvalue weighted by atomic mass is 79.9. The zero-order chi connectivity index (χ0) is 21.8. The van der Waals surface area contributed by atoms with Gasteiger partial charge in [0, 0.05) is 31.1 Å². The number of nitrogens with two attached hydrogens (primary N) is 1. The van der Waals surface area contributed by atoms with Crippen LogP contribution in [0.5, 0.6) is 11.5 Å². The zero-order valence-electron chi connectivity index (χ0n) is 15.9. The van der Waals surface area contributed by atoms with Gasteiger partial charge in [-0.25, -0.2) is 18.5 Å². The van der Waals surface area contributed by atoms with Gasteiger partial charge >= 0.3 is 0 Å². The first-order chi connectivity index (χ1) is 13.6. The fourth-order valence-corrected chi connectivity index (χ4v) is 3.49. The van der Waals surface area contributed by atoms with Crippen LogP contribution in [0.1, 0.15) is 6.92 Å². The molecular weight excluding hydrogens is 470 g/mol. The molecule has 0 fully saturated rings. The molecule has 0 saturated carbocycles. The van der Waals surface area contributed by atoms with Crippen LogP contribution in [-0.2, 0) is 14.8 Å². The van der Waals surface area contributed by atoms with Gasteiger partial charge in [0.1, 0.15) is 17.3 Å². The topological polar surface area (TPSA) is 169 Å². The number of aromatic hydroxyl groups is 1. The van der Waals surface area contributed by atoms with Crippen LogP contribution in [-0.4, -0.2) is 61.6 Å². The molecular formula is C16H22BrN5O6S. The lowest BCUT2D eigenvalue weighted by molar-refractivity contribution is 0.106. The highest BCUT2D eigenvalue weighted by molar-refractivity contribution is 9.10. The van der Waals surface area contributed by atoms with Crippen molar-refractivity contribution in [2.24, 2.45) is 5.14 Å². The average Bonchev–Trinajstić information content (AvgIpc) is 2.62. The summed E-state index contributed by atoms with van der Waals surface area (Å²) in [6.45, 7) is 1.87. The van der Waals surface area contributed by atoms with Crippen molar-refractivity contribution in [1.82, 2.24) is 9.97 Å². The molecule has 0 saturated heterocycles. The van der Waals surface area contributed by atoms with Crippen LogP contribution in [0.3, 0.4) is 0 Å². The normalized spacial score (nSPS) is 13.6. The SMILES string of the molecule is COC[C@@H](Nc1nc(Nc2cc(O)c(S(N)(=O)=O)c(OC)c2)ncc1Br)[C@@H](C)O. The van der Waals surface area contributed by atoms with Crippen molar-refractivity contribution < 1.29 is 28.1 Å². The summed E-state index contributed by atoms with van der Waals surface area (Å²) in [5.41, 5.74) is 0.268. The summed E-state index contributed by atoms with van der Waals surface area (Å²) >= 11 is 3.33. The van der Waals surface area contributed by atoms with Crippen LogP contribution < -0.4 is 20.5 Å². The molecule has 2 rings (SSSR count). The Labute approximate surface area is 176 Å². The van der Waals surface area contributed by atoms with E-state index in [9.17, 15) is 18.6 Å². The summed E-state index contributed by atoms with van der Waals surface area (Å²) in [5.74, 6) is -0.191. The van der Waals surface area contributed by atoms with E-state index in [1.807, 2.05) is 0 Å². The van der Waals surface area contributed by atoms with Crippen molar-refractivity contribution in [3.05, 3.63) is 22.8 Å². The second-order valence-electron chi connectivity index (χ2n) is 6.03. The van der Waals surface area contributed by atoms with Crippen molar-refractivity contribution in [3.63, 3.8) is 0 Å². The highest BCUT2D eigenvalue weighted by Gasteiger charge is 2.22. The molecule has 160 valence electrons. The van der Waals surface area contributed by atoms with Gasteiger partial charge < -0.3 is 30.3 Å². The standard InChI is InChI=1S/C16H22BrN5O6S/c1-8(23)11(7-27-2)21-15-10(17)6-19-16(22-15)20-9-4-12(24)14(29(18,25)26)13(5-9)28-3/h4-6,8,11,23-24H,7H2,1-3H3,(H2,18,25,26)(H2,19,20,21,22)/t8-,11-/m1/s1. The molecule has 1 aromatic carbocycles. The van der Waals surface area contributed by atoms with E-state index in [0.717, 1.165) is 6.07 Å². The zero-order valence-corrected chi connectivity index (χ0v) is 18.3. The number of ether oxygens (including phenoxy) is 2. The Morgan fingerprint density at radius 3 is 2.59 bits per heavy atom. The molecule has 0 aliphatic carbocycles. The van der Waals surface area contributed by atoms with E-state index < -0.39 is 32.8 Å². The van der Waals surface area contributed by atoms with E-state index in [1.54, 1.807) is 6.92 Å². The number of nitrogens with zero attached hydrogens (tertiary/aromatic N) is 2. The second kappa shape index (κ2) is 9.54. The number of sulfonamides is 1. The Morgan fingerprint density at radius 1 is 1.34 bits per heavy atom. The predicted molar refractivity (Wildman–Crippen MR) is 110 cm³/mol. The fraction of sp³-hybridized carbons (Fsp3) is 0.375. The van der Waals surface area contributed by atoms with E-state index >= 15 is 0 Å². The largest absolute Gasteiger partial charge is 0.506 e. The van der Waals surface area contributed by atoms with Crippen molar-refractivity contribution >= 4 is 43.4 Å². The molecule has 1 aromatic heterocycles. The molecule has 13 heteroatoms. The number of methoxy groups -OCH3 is 2. The third-order valence-electron chi connectivity index (χ3n) is 3.79. The number of aliphatic hydroxyl groups is 1. The Morgan fingerprint density at radius 2 is 2.03 bits per heavy atom. The third kappa shape index (κ3) is 5.90. The second-order valence-corrected chi connectivity index (χ2v) is 8.39. The van der Waals surface area contributed by atoms with Crippen LogP contribution >= 0.6 is 15.9 Å². The lowest BCUT2D eigenvalue weighted by Crippen LogP contribution is -2.36. The average molecular weight is 492 g/mol. The van der Waals surface area contributed by atoms with Crippen LogP contribution in [0.15, 0.2) is 27.7 Å². The minimum absolute atomic E-state index is 0.139. The van der Waals surface area contributed by atoms with Crippen LogP contribution in [0.4, 0.5) is 17.5 Å². The monoisotopic (exact) mass is 491 g/mol. The quantitative estimate of drug-likeness (QED) is 0.342. The molecule has 0 unspecified atom stereocenters. The maximum Gasteiger partial charge on any atom is 0.245 e. The summed E-state index contributed by atoms with van der Waals surface area (Å²) in [5, 5.41) is 30.9. The Bertz CT molecular complexity index is 973. The Kier molecular flexibility index (Phi) is 7.60. The number of primary sulfonamides is 1. The molecule has 2 atom stereocenters. The van der Waals surface area contributed by atoms with E-state index in [1.165, 1.54) is 26.5 Å². The Balaban J connectivity index is 2.34. The first kappa shape index (κ1) is 23.1. The number of hydrogen-bond donors (Lipinski definition) is 5. The molecule has 0 amide bonds. The summed E-state index contributed by atoms with van der Waals surface area (Å²) in [6, 6.07) is 2.07. The summed E-state index contributed by atoms with van der Waals surface area (Å²) < 4.78 is 33.9. The van der Waals surface area contributed by atoms with Gasteiger partial charge in [0.2, 0.25) is 16.0 Å². The molecule has 0 spiro atoms. The summed E-state index contributed by atoms with van der Waals surface area (Å²) in [7, 11) is -1.43.